The zero-order chi connectivity index (χ0) is 15.4. The van der Waals surface area contributed by atoms with Gasteiger partial charge in [0.1, 0.15) is 6.04 Å². The van der Waals surface area contributed by atoms with Crippen LogP contribution in [0.1, 0.15) is 38.2 Å². The molecule has 2 rings (SSSR count). The molecule has 0 spiro atoms. The SMILES string of the molecule is CC(C)c1ccc(SCC(=O)N2CCCC2C(=O)O)cc1. The monoisotopic (exact) mass is 307 g/mol. The van der Waals surface area contributed by atoms with Gasteiger partial charge in [0.15, 0.2) is 0 Å². The number of carbonyl (C=O) groups is 2. The van der Waals surface area contributed by atoms with Crippen molar-refractivity contribution in [2.24, 2.45) is 0 Å². The molecule has 4 nitrogen and oxygen atoms in total. The fourth-order valence-electron chi connectivity index (χ4n) is 2.50. The van der Waals surface area contributed by atoms with Crippen LogP contribution in [0.2, 0.25) is 0 Å². The average molecular weight is 307 g/mol. The summed E-state index contributed by atoms with van der Waals surface area (Å²) >= 11 is 1.47. The predicted octanol–water partition coefficient (Wildman–Crippen LogP) is 2.98. The third kappa shape index (κ3) is 4.00. The molecule has 0 aliphatic carbocycles. The van der Waals surface area contributed by atoms with Crippen molar-refractivity contribution in [2.75, 3.05) is 12.3 Å². The number of benzene rings is 1. The van der Waals surface area contributed by atoms with E-state index >= 15 is 0 Å². The van der Waals surface area contributed by atoms with Crippen molar-refractivity contribution in [2.45, 2.75) is 43.5 Å². The van der Waals surface area contributed by atoms with E-state index in [1.807, 2.05) is 12.1 Å². The lowest BCUT2D eigenvalue weighted by Gasteiger charge is -2.21. The average Bonchev–Trinajstić information content (AvgIpc) is 2.95. The van der Waals surface area contributed by atoms with Gasteiger partial charge in [-0.05, 0) is 36.5 Å². The van der Waals surface area contributed by atoms with Crippen LogP contribution in [0.25, 0.3) is 0 Å². The Hall–Kier alpha value is -1.49. The van der Waals surface area contributed by atoms with E-state index < -0.39 is 12.0 Å². The van der Waals surface area contributed by atoms with E-state index in [0.29, 0.717) is 24.6 Å². The van der Waals surface area contributed by atoms with E-state index in [2.05, 4.69) is 26.0 Å². The standard InChI is InChI=1S/C16H21NO3S/c1-11(2)12-5-7-13(8-6-12)21-10-15(18)17-9-3-4-14(17)16(19)20/h5-8,11,14H,3-4,9-10H2,1-2H3,(H,19,20). The number of carbonyl (C=O) groups excluding carboxylic acids is 1. The first kappa shape index (κ1) is 15.9. The van der Waals surface area contributed by atoms with Gasteiger partial charge in [-0.25, -0.2) is 4.79 Å². The van der Waals surface area contributed by atoms with Gasteiger partial charge in [0, 0.05) is 11.4 Å². The number of carboxylic acid groups (broad SMARTS) is 1. The summed E-state index contributed by atoms with van der Waals surface area (Å²) < 4.78 is 0. The van der Waals surface area contributed by atoms with Gasteiger partial charge in [0.25, 0.3) is 0 Å². The molecule has 5 heteroatoms. The zero-order valence-corrected chi connectivity index (χ0v) is 13.2. The third-order valence-corrected chi connectivity index (χ3v) is 4.76. The Morgan fingerprint density at radius 3 is 2.57 bits per heavy atom. The van der Waals surface area contributed by atoms with E-state index in [0.717, 1.165) is 11.3 Å². The van der Waals surface area contributed by atoms with E-state index in [4.69, 9.17) is 5.11 Å². The Morgan fingerprint density at radius 2 is 2.00 bits per heavy atom. The summed E-state index contributed by atoms with van der Waals surface area (Å²) in [6, 6.07) is 7.56. The minimum atomic E-state index is -0.896. The fraction of sp³-hybridized carbons (Fsp3) is 0.500. The van der Waals surface area contributed by atoms with Gasteiger partial charge in [-0.3, -0.25) is 4.79 Å². The van der Waals surface area contributed by atoms with Crippen molar-refractivity contribution in [1.29, 1.82) is 0 Å². The number of hydrogen-bond donors (Lipinski definition) is 1. The number of thioether (sulfide) groups is 1. The molecule has 1 atom stereocenters. The number of aliphatic carboxylic acids is 1. The second kappa shape index (κ2) is 6.98. The fourth-order valence-corrected chi connectivity index (χ4v) is 3.28. The molecule has 1 N–H and O–H groups in total. The molecule has 1 aliphatic heterocycles. The molecule has 0 aromatic heterocycles. The molecular weight excluding hydrogens is 286 g/mol. The van der Waals surface area contributed by atoms with Crippen LogP contribution in [-0.2, 0) is 9.59 Å². The van der Waals surface area contributed by atoms with Crippen LogP contribution in [-0.4, -0.2) is 40.2 Å². The Balaban J connectivity index is 1.90. The van der Waals surface area contributed by atoms with Crippen LogP contribution in [0, 0.1) is 0 Å². The Bertz CT molecular complexity index is 513. The lowest BCUT2D eigenvalue weighted by Crippen LogP contribution is -2.41. The maximum Gasteiger partial charge on any atom is 0.326 e. The van der Waals surface area contributed by atoms with Gasteiger partial charge in [0.05, 0.1) is 5.75 Å². The van der Waals surface area contributed by atoms with Crippen molar-refractivity contribution in [3.63, 3.8) is 0 Å². The highest BCUT2D eigenvalue weighted by Crippen LogP contribution is 2.24. The van der Waals surface area contributed by atoms with Crippen LogP contribution >= 0.6 is 11.8 Å². The lowest BCUT2D eigenvalue weighted by atomic mass is 10.0. The Labute approximate surface area is 129 Å². The minimum Gasteiger partial charge on any atom is -0.480 e. The van der Waals surface area contributed by atoms with Crippen molar-refractivity contribution < 1.29 is 14.7 Å². The lowest BCUT2D eigenvalue weighted by molar-refractivity contribution is -0.147. The van der Waals surface area contributed by atoms with Crippen LogP contribution in [0.15, 0.2) is 29.2 Å². The highest BCUT2D eigenvalue weighted by atomic mass is 32.2. The Morgan fingerprint density at radius 1 is 1.33 bits per heavy atom. The topological polar surface area (TPSA) is 57.6 Å². The third-order valence-electron chi connectivity index (χ3n) is 3.77. The highest BCUT2D eigenvalue weighted by Gasteiger charge is 2.33. The van der Waals surface area contributed by atoms with Gasteiger partial charge < -0.3 is 10.0 Å². The normalized spacial score (nSPS) is 18.2. The van der Waals surface area contributed by atoms with Crippen molar-refractivity contribution in [3.8, 4) is 0 Å². The zero-order valence-electron chi connectivity index (χ0n) is 12.4. The number of amides is 1. The molecule has 1 unspecified atom stereocenters. The molecule has 1 aliphatic rings. The van der Waals surface area contributed by atoms with Crippen LogP contribution in [0.4, 0.5) is 0 Å². The first-order valence-electron chi connectivity index (χ1n) is 7.24. The van der Waals surface area contributed by atoms with Gasteiger partial charge in [-0.1, -0.05) is 26.0 Å². The van der Waals surface area contributed by atoms with Crippen molar-refractivity contribution in [3.05, 3.63) is 29.8 Å². The Kier molecular flexibility index (Phi) is 5.28. The van der Waals surface area contributed by atoms with E-state index in [9.17, 15) is 9.59 Å². The minimum absolute atomic E-state index is 0.0853. The molecule has 1 heterocycles. The molecule has 1 amide bonds. The molecule has 1 aromatic carbocycles. The van der Waals surface area contributed by atoms with E-state index in [-0.39, 0.29) is 5.91 Å². The summed E-state index contributed by atoms with van der Waals surface area (Å²) in [4.78, 5) is 25.8. The molecule has 1 saturated heterocycles. The van der Waals surface area contributed by atoms with Gasteiger partial charge >= 0.3 is 5.97 Å². The highest BCUT2D eigenvalue weighted by molar-refractivity contribution is 8.00. The molecule has 0 radical (unpaired) electrons. The molecule has 1 aromatic rings. The van der Waals surface area contributed by atoms with Crippen LogP contribution in [0.3, 0.4) is 0 Å². The maximum atomic E-state index is 12.2. The van der Waals surface area contributed by atoms with Crippen LogP contribution < -0.4 is 0 Å². The number of nitrogens with zero attached hydrogens (tertiary/aromatic N) is 1. The number of likely N-dealkylation sites (tertiary alicyclic amines) is 1. The molecule has 21 heavy (non-hydrogen) atoms. The number of carboxylic acids is 1. The van der Waals surface area contributed by atoms with E-state index in [1.165, 1.54) is 22.2 Å². The van der Waals surface area contributed by atoms with Crippen molar-refractivity contribution in [1.82, 2.24) is 4.90 Å². The largest absolute Gasteiger partial charge is 0.480 e. The molecule has 1 fully saturated rings. The second-order valence-electron chi connectivity index (χ2n) is 5.60. The number of hydrogen-bond acceptors (Lipinski definition) is 3. The second-order valence-corrected chi connectivity index (χ2v) is 6.64. The van der Waals surface area contributed by atoms with Crippen molar-refractivity contribution >= 4 is 23.6 Å². The first-order valence-corrected chi connectivity index (χ1v) is 8.22. The van der Waals surface area contributed by atoms with Gasteiger partial charge in [-0.2, -0.15) is 0 Å². The summed E-state index contributed by atoms with van der Waals surface area (Å²) in [7, 11) is 0. The summed E-state index contributed by atoms with van der Waals surface area (Å²) in [6.45, 7) is 4.85. The predicted molar refractivity (Wildman–Crippen MR) is 83.6 cm³/mol. The smallest absolute Gasteiger partial charge is 0.326 e. The molecule has 0 saturated carbocycles. The number of rotatable bonds is 5. The maximum absolute atomic E-state index is 12.2. The molecular formula is C16H21NO3S. The van der Waals surface area contributed by atoms with E-state index in [1.54, 1.807) is 0 Å². The summed E-state index contributed by atoms with van der Waals surface area (Å²) in [6.07, 6.45) is 1.34. The molecule has 114 valence electrons. The summed E-state index contributed by atoms with van der Waals surface area (Å²) in [5.41, 5.74) is 1.27. The molecule has 0 bridgehead atoms. The van der Waals surface area contributed by atoms with Crippen LogP contribution in [0.5, 0.6) is 0 Å². The summed E-state index contributed by atoms with van der Waals surface area (Å²) in [5.74, 6) is -0.193. The van der Waals surface area contributed by atoms with Gasteiger partial charge in [0.2, 0.25) is 5.91 Å². The van der Waals surface area contributed by atoms with Gasteiger partial charge in [-0.15, -0.1) is 11.8 Å². The quantitative estimate of drug-likeness (QED) is 0.850. The summed E-state index contributed by atoms with van der Waals surface area (Å²) in [5, 5.41) is 9.10. The first-order chi connectivity index (χ1) is 9.99.